The van der Waals surface area contributed by atoms with Crippen LogP contribution >= 0.6 is 27.5 Å². The number of hydrogen-bond donors (Lipinski definition) is 1. The third-order valence-corrected chi connectivity index (χ3v) is 2.88. The lowest BCUT2D eigenvalue weighted by Crippen LogP contribution is -2.05. The Morgan fingerprint density at radius 2 is 2.29 bits per heavy atom. The van der Waals surface area contributed by atoms with Crippen molar-refractivity contribution < 1.29 is 14.6 Å². The Morgan fingerprint density at radius 3 is 2.86 bits per heavy atom. The quantitative estimate of drug-likeness (QED) is 0.846. The highest BCUT2D eigenvalue weighted by Gasteiger charge is 2.13. The van der Waals surface area contributed by atoms with E-state index in [1.807, 2.05) is 0 Å². The third kappa shape index (κ3) is 2.39. The van der Waals surface area contributed by atoms with E-state index in [-0.39, 0.29) is 17.2 Å². The number of ether oxygens (including phenoxy) is 1. The highest BCUT2D eigenvalue weighted by atomic mass is 79.9. The van der Waals surface area contributed by atoms with Crippen LogP contribution in [-0.4, -0.2) is 18.2 Å². The molecule has 1 aromatic carbocycles. The lowest BCUT2D eigenvalue weighted by Gasteiger charge is -2.07. The fourth-order valence-corrected chi connectivity index (χ4v) is 1.78. The van der Waals surface area contributed by atoms with Crippen molar-refractivity contribution in [1.82, 2.24) is 0 Å². The zero-order chi connectivity index (χ0) is 10.7. The van der Waals surface area contributed by atoms with Gasteiger partial charge in [-0.1, -0.05) is 27.5 Å². The van der Waals surface area contributed by atoms with Crippen molar-refractivity contribution in [2.45, 2.75) is 6.42 Å². The molecule has 3 nitrogen and oxygen atoms in total. The van der Waals surface area contributed by atoms with Crippen molar-refractivity contribution in [1.29, 1.82) is 0 Å². The van der Waals surface area contributed by atoms with Gasteiger partial charge in [0.15, 0.2) is 0 Å². The molecule has 0 amide bonds. The lowest BCUT2D eigenvalue weighted by molar-refractivity contribution is -0.139. The van der Waals surface area contributed by atoms with Crippen LogP contribution in [0.2, 0.25) is 5.02 Å². The van der Waals surface area contributed by atoms with Crippen molar-refractivity contribution in [3.05, 3.63) is 27.2 Å². The van der Waals surface area contributed by atoms with Crippen molar-refractivity contribution in [2.24, 2.45) is 0 Å². The molecule has 5 heteroatoms. The minimum Gasteiger partial charge on any atom is -0.506 e. The number of phenolic OH excluding ortho intramolecular Hbond substituents is 1. The van der Waals surface area contributed by atoms with Gasteiger partial charge in [0.25, 0.3) is 0 Å². The number of methoxy groups -OCH3 is 1. The first-order valence-electron chi connectivity index (χ1n) is 3.79. The SMILES string of the molecule is COC(=O)Cc1c(Br)ccc(O)c1Cl. The first-order valence-corrected chi connectivity index (χ1v) is 4.96. The van der Waals surface area contributed by atoms with Crippen molar-refractivity contribution in [2.75, 3.05) is 7.11 Å². The van der Waals surface area contributed by atoms with Crippen LogP contribution in [0, 0.1) is 0 Å². The van der Waals surface area contributed by atoms with Crippen LogP contribution in [0.3, 0.4) is 0 Å². The summed E-state index contributed by atoms with van der Waals surface area (Å²) in [6.07, 6.45) is 0.0321. The molecule has 0 aliphatic heterocycles. The fraction of sp³-hybridized carbons (Fsp3) is 0.222. The van der Waals surface area contributed by atoms with Gasteiger partial charge in [-0.05, 0) is 17.7 Å². The molecule has 0 saturated heterocycles. The number of carbonyl (C=O) groups excluding carboxylic acids is 1. The molecule has 0 heterocycles. The van der Waals surface area contributed by atoms with E-state index in [1.54, 1.807) is 6.07 Å². The van der Waals surface area contributed by atoms with Crippen LogP contribution in [0.1, 0.15) is 5.56 Å². The number of benzene rings is 1. The molecule has 1 N–H and O–H groups in total. The minimum atomic E-state index is -0.404. The zero-order valence-corrected chi connectivity index (χ0v) is 9.72. The second-order valence-corrected chi connectivity index (χ2v) is 3.84. The number of esters is 1. The summed E-state index contributed by atoms with van der Waals surface area (Å²) in [6, 6.07) is 3.08. The maximum atomic E-state index is 11.0. The van der Waals surface area contributed by atoms with E-state index in [0.717, 1.165) is 0 Å². The topological polar surface area (TPSA) is 46.5 Å². The van der Waals surface area contributed by atoms with Crippen LogP contribution in [0.4, 0.5) is 0 Å². The molecule has 0 aromatic heterocycles. The van der Waals surface area contributed by atoms with Crippen LogP contribution < -0.4 is 0 Å². The van der Waals surface area contributed by atoms with Crippen molar-refractivity contribution in [3.8, 4) is 5.75 Å². The molecule has 0 radical (unpaired) electrons. The first kappa shape index (κ1) is 11.3. The maximum absolute atomic E-state index is 11.0. The van der Waals surface area contributed by atoms with Gasteiger partial charge in [-0.2, -0.15) is 0 Å². The molecule has 0 unspecified atom stereocenters. The monoisotopic (exact) mass is 278 g/mol. The van der Waals surface area contributed by atoms with E-state index in [4.69, 9.17) is 11.6 Å². The average molecular weight is 280 g/mol. The second-order valence-electron chi connectivity index (χ2n) is 2.61. The number of rotatable bonds is 2. The van der Waals surface area contributed by atoms with Gasteiger partial charge >= 0.3 is 5.97 Å². The Labute approximate surface area is 94.8 Å². The maximum Gasteiger partial charge on any atom is 0.310 e. The van der Waals surface area contributed by atoms with Gasteiger partial charge in [0.2, 0.25) is 0 Å². The molecule has 0 aliphatic rings. The summed E-state index contributed by atoms with van der Waals surface area (Å²) in [5.74, 6) is -0.452. The predicted octanol–water partition coefficient (Wildman–Crippen LogP) is 2.52. The molecule has 0 aliphatic carbocycles. The molecular formula is C9H8BrClO3. The van der Waals surface area contributed by atoms with E-state index in [2.05, 4.69) is 20.7 Å². The molecule has 1 rings (SSSR count). The third-order valence-electron chi connectivity index (χ3n) is 1.71. The summed E-state index contributed by atoms with van der Waals surface area (Å²) in [7, 11) is 1.30. The number of hydrogen-bond acceptors (Lipinski definition) is 3. The lowest BCUT2D eigenvalue weighted by atomic mass is 10.1. The van der Waals surface area contributed by atoms with E-state index in [9.17, 15) is 9.90 Å². The Balaban J connectivity index is 3.06. The highest BCUT2D eigenvalue weighted by Crippen LogP contribution is 2.32. The average Bonchev–Trinajstić information content (AvgIpc) is 2.18. The van der Waals surface area contributed by atoms with Gasteiger partial charge in [-0.15, -0.1) is 0 Å². The standard InChI is InChI=1S/C9H8BrClO3/c1-14-8(13)4-5-6(10)2-3-7(12)9(5)11/h2-3,12H,4H2,1H3. The summed E-state index contributed by atoms with van der Waals surface area (Å²) in [5.41, 5.74) is 0.526. The first-order chi connectivity index (χ1) is 6.56. The molecule has 0 spiro atoms. The summed E-state index contributed by atoms with van der Waals surface area (Å²) in [6.45, 7) is 0. The summed E-state index contributed by atoms with van der Waals surface area (Å²) in [5, 5.41) is 9.48. The number of phenols is 1. The Bertz CT molecular complexity index is 365. The van der Waals surface area contributed by atoms with Crippen molar-refractivity contribution >= 4 is 33.5 Å². The second kappa shape index (κ2) is 4.66. The highest BCUT2D eigenvalue weighted by molar-refractivity contribution is 9.10. The summed E-state index contributed by atoms with van der Waals surface area (Å²) < 4.78 is 5.18. The largest absolute Gasteiger partial charge is 0.506 e. The van der Waals surface area contributed by atoms with E-state index < -0.39 is 5.97 Å². The predicted molar refractivity (Wildman–Crippen MR) is 56.5 cm³/mol. The van der Waals surface area contributed by atoms with Crippen LogP contribution in [-0.2, 0) is 16.0 Å². The summed E-state index contributed by atoms with van der Waals surface area (Å²) >= 11 is 9.05. The Morgan fingerprint density at radius 1 is 1.64 bits per heavy atom. The van der Waals surface area contributed by atoms with Crippen molar-refractivity contribution in [3.63, 3.8) is 0 Å². The molecule has 0 bridgehead atoms. The van der Waals surface area contributed by atoms with Gasteiger partial charge in [0.1, 0.15) is 5.75 Å². The van der Waals surface area contributed by atoms with E-state index in [0.29, 0.717) is 10.0 Å². The molecule has 14 heavy (non-hydrogen) atoms. The molecule has 0 atom stereocenters. The Hall–Kier alpha value is -0.740. The van der Waals surface area contributed by atoms with Gasteiger partial charge < -0.3 is 9.84 Å². The van der Waals surface area contributed by atoms with Gasteiger partial charge in [0.05, 0.1) is 18.6 Å². The minimum absolute atomic E-state index is 0.0321. The molecule has 1 aromatic rings. The van der Waals surface area contributed by atoms with E-state index >= 15 is 0 Å². The van der Waals surface area contributed by atoms with Crippen LogP contribution in [0.15, 0.2) is 16.6 Å². The fourth-order valence-electron chi connectivity index (χ4n) is 0.964. The number of halogens is 2. The van der Waals surface area contributed by atoms with Crippen LogP contribution in [0.5, 0.6) is 5.75 Å². The molecule has 0 fully saturated rings. The smallest absolute Gasteiger partial charge is 0.310 e. The zero-order valence-electron chi connectivity index (χ0n) is 7.38. The molecule has 76 valence electrons. The normalized spacial score (nSPS) is 9.93. The van der Waals surface area contributed by atoms with Gasteiger partial charge in [0, 0.05) is 4.47 Å². The van der Waals surface area contributed by atoms with Crippen LogP contribution in [0.25, 0.3) is 0 Å². The summed E-state index contributed by atoms with van der Waals surface area (Å²) in [4.78, 5) is 11.0. The van der Waals surface area contributed by atoms with Gasteiger partial charge in [-0.25, -0.2) is 0 Å². The molecule has 0 saturated carbocycles. The van der Waals surface area contributed by atoms with Gasteiger partial charge in [-0.3, -0.25) is 4.79 Å². The molecular weight excluding hydrogens is 271 g/mol. The Kier molecular flexibility index (Phi) is 3.77. The number of carbonyl (C=O) groups is 1. The van der Waals surface area contributed by atoms with E-state index in [1.165, 1.54) is 13.2 Å². The number of aromatic hydroxyl groups is 1.